The molecule has 162 valence electrons. The molecule has 2 N–H and O–H groups in total. The number of carbonyl (C=O) groups excluding carboxylic acids is 1. The monoisotopic (exact) mass is 438 g/mol. The van der Waals surface area contributed by atoms with Crippen LogP contribution in [0.1, 0.15) is 46.1 Å². The zero-order valence-corrected chi connectivity index (χ0v) is 18.5. The van der Waals surface area contributed by atoms with Gasteiger partial charge in [-0.25, -0.2) is 4.98 Å². The van der Waals surface area contributed by atoms with Crippen molar-refractivity contribution in [1.82, 2.24) is 20.2 Å². The van der Waals surface area contributed by atoms with E-state index in [0.717, 1.165) is 23.1 Å². The number of carbonyl (C=O) groups is 1. The lowest BCUT2D eigenvalue weighted by molar-refractivity contribution is 0.0742. The average Bonchev–Trinajstić information content (AvgIpc) is 2.81. The summed E-state index contributed by atoms with van der Waals surface area (Å²) in [6.45, 7) is 3.13. The van der Waals surface area contributed by atoms with Gasteiger partial charge in [0.2, 0.25) is 0 Å². The Labute approximate surface area is 187 Å². The summed E-state index contributed by atoms with van der Waals surface area (Å²) in [5, 5.41) is 13.8. The highest BCUT2D eigenvalue weighted by Gasteiger charge is 2.19. The molecule has 0 bridgehead atoms. The van der Waals surface area contributed by atoms with E-state index in [9.17, 15) is 9.90 Å². The maximum atomic E-state index is 12.8. The number of benzene rings is 1. The molecule has 6 nitrogen and oxygen atoms in total. The molecule has 0 saturated heterocycles. The lowest BCUT2D eigenvalue weighted by atomic mass is 10.1. The molecule has 0 radical (unpaired) electrons. The molecule has 0 spiro atoms. The first-order valence-corrected chi connectivity index (χ1v) is 10.6. The Morgan fingerprint density at radius 3 is 2.55 bits per heavy atom. The first-order valence-electron chi connectivity index (χ1n) is 10.2. The molecule has 2 unspecified atom stereocenters. The third-order valence-corrected chi connectivity index (χ3v) is 5.56. The van der Waals surface area contributed by atoms with Crippen LogP contribution in [0, 0.1) is 0 Å². The molecule has 0 saturated carbocycles. The van der Waals surface area contributed by atoms with E-state index in [-0.39, 0.29) is 11.9 Å². The summed E-state index contributed by atoms with van der Waals surface area (Å²) < 4.78 is 0. The lowest BCUT2D eigenvalue weighted by Crippen LogP contribution is -2.29. The van der Waals surface area contributed by atoms with Crippen molar-refractivity contribution in [3.8, 4) is 0 Å². The van der Waals surface area contributed by atoms with Crippen LogP contribution in [0.15, 0.2) is 67.1 Å². The summed E-state index contributed by atoms with van der Waals surface area (Å²) in [5.74, 6) is -0.0271. The second kappa shape index (κ2) is 11.0. The fourth-order valence-electron chi connectivity index (χ4n) is 3.21. The maximum Gasteiger partial charge on any atom is 0.254 e. The van der Waals surface area contributed by atoms with Gasteiger partial charge in [-0.2, -0.15) is 0 Å². The number of nitrogens with one attached hydrogen (secondary N) is 1. The maximum absolute atomic E-state index is 12.8. The van der Waals surface area contributed by atoms with E-state index in [1.165, 1.54) is 0 Å². The zero-order valence-electron chi connectivity index (χ0n) is 17.7. The number of pyridine rings is 2. The second-order valence-corrected chi connectivity index (χ2v) is 7.85. The topological polar surface area (TPSA) is 78.4 Å². The van der Waals surface area contributed by atoms with Crippen LogP contribution in [0.25, 0.3) is 0 Å². The highest BCUT2D eigenvalue weighted by molar-refractivity contribution is 6.29. The van der Waals surface area contributed by atoms with Crippen LogP contribution >= 0.6 is 11.6 Å². The minimum atomic E-state index is -0.637. The molecule has 7 heteroatoms. The second-order valence-electron chi connectivity index (χ2n) is 7.46. The van der Waals surface area contributed by atoms with Crippen molar-refractivity contribution >= 4 is 17.5 Å². The van der Waals surface area contributed by atoms with E-state index in [1.807, 2.05) is 43.3 Å². The Bertz CT molecular complexity index is 965. The van der Waals surface area contributed by atoms with Crippen LogP contribution in [0.5, 0.6) is 0 Å². The molecule has 31 heavy (non-hydrogen) atoms. The molecule has 3 aromatic rings. The summed E-state index contributed by atoms with van der Waals surface area (Å²) in [6.07, 6.45) is 5.24. The highest BCUT2D eigenvalue weighted by Crippen LogP contribution is 2.20. The van der Waals surface area contributed by atoms with Crippen molar-refractivity contribution in [1.29, 1.82) is 0 Å². The lowest BCUT2D eigenvalue weighted by Gasteiger charge is -2.25. The van der Waals surface area contributed by atoms with E-state index in [4.69, 9.17) is 11.6 Å². The normalized spacial score (nSPS) is 12.9. The number of hydrogen-bond acceptors (Lipinski definition) is 5. The van der Waals surface area contributed by atoms with E-state index >= 15 is 0 Å². The molecule has 2 aromatic heterocycles. The van der Waals surface area contributed by atoms with E-state index in [2.05, 4.69) is 15.3 Å². The number of rotatable bonds is 9. The fourth-order valence-corrected chi connectivity index (χ4v) is 3.33. The van der Waals surface area contributed by atoms with Crippen molar-refractivity contribution in [3.05, 3.63) is 94.5 Å². The first-order chi connectivity index (χ1) is 15.0. The van der Waals surface area contributed by atoms with Gasteiger partial charge in [0.05, 0.1) is 12.1 Å². The van der Waals surface area contributed by atoms with Crippen molar-refractivity contribution < 1.29 is 9.90 Å². The number of aliphatic hydroxyl groups is 1. The fraction of sp³-hybridized carbons (Fsp3) is 0.292. The number of hydrogen-bond donors (Lipinski definition) is 2. The predicted octanol–water partition coefficient (Wildman–Crippen LogP) is 3.83. The van der Waals surface area contributed by atoms with Gasteiger partial charge in [-0.05, 0) is 55.3 Å². The molecule has 0 aliphatic rings. The van der Waals surface area contributed by atoms with Gasteiger partial charge >= 0.3 is 0 Å². The van der Waals surface area contributed by atoms with Crippen molar-refractivity contribution in [3.63, 3.8) is 0 Å². The summed E-state index contributed by atoms with van der Waals surface area (Å²) in [4.78, 5) is 22.6. The summed E-state index contributed by atoms with van der Waals surface area (Å²) in [7, 11) is 1.80. The third kappa shape index (κ3) is 6.34. The molecular weight excluding hydrogens is 412 g/mol. The molecule has 0 aliphatic carbocycles. The van der Waals surface area contributed by atoms with Crippen molar-refractivity contribution in [2.24, 2.45) is 0 Å². The molecule has 3 rings (SSSR count). The third-order valence-electron chi connectivity index (χ3n) is 5.33. The molecule has 0 fully saturated rings. The van der Waals surface area contributed by atoms with Crippen LogP contribution in [-0.4, -0.2) is 46.0 Å². The Hall–Kier alpha value is -2.80. The number of nitrogens with zero attached hydrogens (tertiary/aromatic N) is 3. The van der Waals surface area contributed by atoms with Crippen molar-refractivity contribution in [2.45, 2.75) is 25.5 Å². The average molecular weight is 439 g/mol. The molecule has 1 amide bonds. The highest BCUT2D eigenvalue weighted by atomic mass is 35.5. The number of halogens is 1. The van der Waals surface area contributed by atoms with Gasteiger partial charge in [0.15, 0.2) is 0 Å². The van der Waals surface area contributed by atoms with Crippen molar-refractivity contribution in [2.75, 3.05) is 20.1 Å². The van der Waals surface area contributed by atoms with Crippen LogP contribution in [0.4, 0.5) is 0 Å². The largest absolute Gasteiger partial charge is 0.387 e. The van der Waals surface area contributed by atoms with E-state index in [1.54, 1.807) is 42.7 Å². The van der Waals surface area contributed by atoms with Gasteiger partial charge in [-0.15, -0.1) is 0 Å². The summed E-state index contributed by atoms with van der Waals surface area (Å²) in [5.41, 5.74) is 3.50. The quantitative estimate of drug-likeness (QED) is 0.392. The van der Waals surface area contributed by atoms with Crippen LogP contribution in [0.3, 0.4) is 0 Å². The molecular formula is C24H27ClN4O2. The molecule has 0 aliphatic heterocycles. The van der Waals surface area contributed by atoms with E-state index in [0.29, 0.717) is 23.8 Å². The summed E-state index contributed by atoms with van der Waals surface area (Å²) in [6, 6.07) is 14.9. The Balaban J connectivity index is 1.47. The first kappa shape index (κ1) is 22.9. The zero-order chi connectivity index (χ0) is 22.2. The molecule has 1 aromatic carbocycles. The van der Waals surface area contributed by atoms with Gasteiger partial charge in [0, 0.05) is 43.3 Å². The van der Waals surface area contributed by atoms with E-state index < -0.39 is 6.10 Å². The van der Waals surface area contributed by atoms with Gasteiger partial charge < -0.3 is 15.3 Å². The van der Waals surface area contributed by atoms with Gasteiger partial charge in [-0.3, -0.25) is 9.78 Å². The van der Waals surface area contributed by atoms with Gasteiger partial charge in [-0.1, -0.05) is 35.9 Å². The SMILES string of the molecule is CC(c1cccnc1)N(C)C(=O)c1ccc(CCNCC(O)c2ccc(Cl)nc2)cc1. The Morgan fingerprint density at radius 1 is 1.13 bits per heavy atom. The smallest absolute Gasteiger partial charge is 0.254 e. The molecule has 2 heterocycles. The standard InChI is InChI=1S/C24H27ClN4O2/c1-17(20-4-3-12-26-14-20)29(2)24(31)19-7-5-18(6-8-19)11-13-27-16-22(30)21-9-10-23(25)28-15-21/h3-10,12,14-15,17,22,27,30H,11,13,16H2,1-2H3. The Morgan fingerprint density at radius 2 is 1.90 bits per heavy atom. The summed E-state index contributed by atoms with van der Waals surface area (Å²) >= 11 is 5.77. The van der Waals surface area contributed by atoms with Crippen LogP contribution in [-0.2, 0) is 6.42 Å². The predicted molar refractivity (Wildman–Crippen MR) is 122 cm³/mol. The van der Waals surface area contributed by atoms with Gasteiger partial charge in [0.25, 0.3) is 5.91 Å². The minimum absolute atomic E-state index is 0.0271. The van der Waals surface area contributed by atoms with Gasteiger partial charge in [0.1, 0.15) is 5.15 Å². The number of amides is 1. The Kier molecular flexibility index (Phi) is 8.12. The minimum Gasteiger partial charge on any atom is -0.387 e. The molecule has 2 atom stereocenters. The van der Waals surface area contributed by atoms with Crippen LogP contribution in [0.2, 0.25) is 5.15 Å². The number of aliphatic hydroxyl groups excluding tert-OH is 1. The number of aromatic nitrogens is 2. The van der Waals surface area contributed by atoms with Crippen LogP contribution < -0.4 is 5.32 Å².